The lowest BCUT2D eigenvalue weighted by atomic mass is 9.81. The summed E-state index contributed by atoms with van der Waals surface area (Å²) in [5, 5.41) is 0. The van der Waals surface area contributed by atoms with Crippen LogP contribution in [0.5, 0.6) is 0 Å². The minimum Gasteiger partial charge on any atom is -0.469 e. The van der Waals surface area contributed by atoms with Crippen molar-refractivity contribution in [3.63, 3.8) is 0 Å². The zero-order chi connectivity index (χ0) is 10.7. The van der Waals surface area contributed by atoms with E-state index in [9.17, 15) is 13.6 Å². The Morgan fingerprint density at radius 3 is 2.29 bits per heavy atom. The number of hydrogen-bond donors (Lipinski definition) is 0. The Kier molecular flexibility index (Phi) is 3.22. The van der Waals surface area contributed by atoms with Crippen LogP contribution in [0.15, 0.2) is 18.2 Å². The van der Waals surface area contributed by atoms with E-state index >= 15 is 0 Å². The first-order chi connectivity index (χ1) is 6.54. The minimum atomic E-state index is -0.698. The van der Waals surface area contributed by atoms with Crippen molar-refractivity contribution in [2.75, 3.05) is 7.11 Å². The molecule has 74 valence electrons. The van der Waals surface area contributed by atoms with Gasteiger partial charge in [0.1, 0.15) is 19.5 Å². The quantitative estimate of drug-likeness (QED) is 0.519. The van der Waals surface area contributed by atoms with Gasteiger partial charge in [-0.25, -0.2) is 8.78 Å². The number of carbonyl (C=O) groups is 1. The molecular weight excluding hydrogens is 189 g/mol. The van der Waals surface area contributed by atoms with Gasteiger partial charge in [0.25, 0.3) is 0 Å². The third kappa shape index (κ3) is 2.31. The second-order valence-electron chi connectivity index (χ2n) is 2.95. The summed E-state index contributed by atoms with van der Waals surface area (Å²) in [7, 11) is 2.76. The highest BCUT2D eigenvalue weighted by molar-refractivity contribution is 6.23. The van der Waals surface area contributed by atoms with Crippen LogP contribution >= 0.6 is 0 Å². The smallest absolute Gasteiger partial charge is 0.304 e. The molecule has 0 aliphatic heterocycles. The van der Waals surface area contributed by atoms with Crippen molar-refractivity contribution in [2.45, 2.75) is 5.82 Å². The average molecular weight is 198 g/mol. The highest BCUT2D eigenvalue weighted by Crippen LogP contribution is 2.16. The molecule has 0 aliphatic carbocycles. The molecule has 0 bridgehead atoms. The van der Waals surface area contributed by atoms with Crippen molar-refractivity contribution in [3.8, 4) is 0 Å². The highest BCUT2D eigenvalue weighted by atomic mass is 19.1. The Labute approximate surface area is 81.3 Å². The van der Waals surface area contributed by atoms with Gasteiger partial charge < -0.3 is 4.74 Å². The van der Waals surface area contributed by atoms with E-state index in [1.54, 1.807) is 0 Å². The van der Waals surface area contributed by atoms with Crippen LogP contribution in [0.25, 0.3) is 0 Å². The summed E-state index contributed by atoms with van der Waals surface area (Å²) >= 11 is 0. The molecule has 0 fully saturated rings. The van der Waals surface area contributed by atoms with Crippen LogP contribution in [0, 0.1) is 11.6 Å². The van der Waals surface area contributed by atoms with E-state index in [0.717, 1.165) is 18.2 Å². The number of benzene rings is 1. The molecule has 1 atom stereocenters. The fourth-order valence-electron chi connectivity index (χ4n) is 1.14. The van der Waals surface area contributed by atoms with Crippen molar-refractivity contribution in [3.05, 3.63) is 35.4 Å². The van der Waals surface area contributed by atoms with E-state index in [1.165, 1.54) is 15.0 Å². The summed E-state index contributed by atoms with van der Waals surface area (Å²) in [5.74, 6) is -2.58. The molecule has 0 N–H and O–H groups in total. The van der Waals surface area contributed by atoms with Gasteiger partial charge in [-0.05, 0) is 17.7 Å². The zero-order valence-corrected chi connectivity index (χ0v) is 7.88. The fourth-order valence-corrected chi connectivity index (χ4v) is 1.14. The third-order valence-corrected chi connectivity index (χ3v) is 1.94. The molecule has 0 saturated heterocycles. The average Bonchev–Trinajstić information content (AvgIpc) is 2.14. The summed E-state index contributed by atoms with van der Waals surface area (Å²) < 4.78 is 30.0. The maximum Gasteiger partial charge on any atom is 0.304 e. The topological polar surface area (TPSA) is 26.3 Å². The molecule has 0 aromatic heterocycles. The van der Waals surface area contributed by atoms with Gasteiger partial charge in [0.15, 0.2) is 0 Å². The Balaban J connectivity index is 3.00. The Bertz CT molecular complexity index is 334. The van der Waals surface area contributed by atoms with E-state index in [-0.39, 0.29) is 5.56 Å². The van der Waals surface area contributed by atoms with E-state index in [0.29, 0.717) is 0 Å². The van der Waals surface area contributed by atoms with Crippen molar-refractivity contribution in [1.82, 2.24) is 0 Å². The standard InChI is InChI=1S/C9H9BF2O2/c1-14-9(13)8(10)5-2-6(11)4-7(12)3-5/h2-4,8H,10H2,1H3. The summed E-state index contributed by atoms with van der Waals surface area (Å²) in [5.41, 5.74) is 0.273. The molecule has 1 aromatic carbocycles. The van der Waals surface area contributed by atoms with Gasteiger partial charge >= 0.3 is 5.97 Å². The molecule has 1 unspecified atom stereocenters. The van der Waals surface area contributed by atoms with Gasteiger partial charge in [-0.3, -0.25) is 4.79 Å². The Morgan fingerprint density at radius 1 is 1.36 bits per heavy atom. The largest absolute Gasteiger partial charge is 0.469 e. The normalized spacial score (nSPS) is 12.2. The van der Waals surface area contributed by atoms with Crippen LogP contribution in [0.4, 0.5) is 8.78 Å². The minimum absolute atomic E-state index is 0.273. The lowest BCUT2D eigenvalue weighted by Crippen LogP contribution is -2.14. The van der Waals surface area contributed by atoms with E-state index in [4.69, 9.17) is 0 Å². The molecule has 0 heterocycles. The maximum atomic E-state index is 12.8. The summed E-state index contributed by atoms with van der Waals surface area (Å²) in [6.45, 7) is 0. The molecule has 0 spiro atoms. The van der Waals surface area contributed by atoms with Crippen molar-refractivity contribution >= 4 is 13.8 Å². The fraction of sp³-hybridized carbons (Fsp3) is 0.222. The molecule has 1 rings (SSSR count). The second kappa shape index (κ2) is 4.22. The molecule has 0 saturated carbocycles. The lowest BCUT2D eigenvalue weighted by Gasteiger charge is -2.09. The van der Waals surface area contributed by atoms with Crippen molar-refractivity contribution in [1.29, 1.82) is 0 Å². The molecule has 0 aliphatic rings. The number of rotatable bonds is 2. The van der Waals surface area contributed by atoms with Gasteiger partial charge in [-0.1, -0.05) is 0 Å². The van der Waals surface area contributed by atoms with Crippen LogP contribution in [0.2, 0.25) is 0 Å². The zero-order valence-electron chi connectivity index (χ0n) is 7.88. The lowest BCUT2D eigenvalue weighted by molar-refractivity contribution is -0.140. The molecule has 0 amide bonds. The van der Waals surface area contributed by atoms with Crippen LogP contribution in [0.1, 0.15) is 11.4 Å². The maximum absolute atomic E-state index is 12.8. The first-order valence-corrected chi connectivity index (χ1v) is 4.08. The molecule has 5 heteroatoms. The monoisotopic (exact) mass is 198 g/mol. The van der Waals surface area contributed by atoms with Crippen LogP contribution in [-0.2, 0) is 9.53 Å². The van der Waals surface area contributed by atoms with Gasteiger partial charge in [0, 0.05) is 6.07 Å². The third-order valence-electron chi connectivity index (χ3n) is 1.94. The SMILES string of the molecule is BC(C(=O)OC)c1cc(F)cc(F)c1. The number of hydrogen-bond acceptors (Lipinski definition) is 2. The molecule has 2 nitrogen and oxygen atoms in total. The first-order valence-electron chi connectivity index (χ1n) is 4.08. The van der Waals surface area contributed by atoms with Crippen molar-refractivity contribution in [2.24, 2.45) is 0 Å². The van der Waals surface area contributed by atoms with Crippen molar-refractivity contribution < 1.29 is 18.3 Å². The van der Waals surface area contributed by atoms with Crippen LogP contribution in [-0.4, -0.2) is 20.9 Å². The van der Waals surface area contributed by atoms with E-state index in [2.05, 4.69) is 4.74 Å². The summed E-state index contributed by atoms with van der Waals surface area (Å²) in [4.78, 5) is 11.1. The van der Waals surface area contributed by atoms with Gasteiger partial charge in [0.2, 0.25) is 0 Å². The van der Waals surface area contributed by atoms with Gasteiger partial charge in [0.05, 0.1) is 12.9 Å². The van der Waals surface area contributed by atoms with Gasteiger partial charge in [-0.15, -0.1) is 0 Å². The number of halogens is 2. The molecule has 14 heavy (non-hydrogen) atoms. The number of esters is 1. The van der Waals surface area contributed by atoms with Gasteiger partial charge in [-0.2, -0.15) is 0 Å². The molecule has 0 radical (unpaired) electrons. The van der Waals surface area contributed by atoms with Crippen LogP contribution < -0.4 is 0 Å². The predicted octanol–water partition coefficient (Wildman–Crippen LogP) is 0.812. The Morgan fingerprint density at radius 2 is 1.86 bits per heavy atom. The summed E-state index contributed by atoms with van der Waals surface area (Å²) in [6, 6.07) is 2.99. The van der Waals surface area contributed by atoms with Crippen LogP contribution in [0.3, 0.4) is 0 Å². The second-order valence-corrected chi connectivity index (χ2v) is 2.95. The number of ether oxygens (including phenoxy) is 1. The van der Waals surface area contributed by atoms with E-state index in [1.807, 2.05) is 0 Å². The predicted molar refractivity (Wildman–Crippen MR) is 49.7 cm³/mol. The Hall–Kier alpha value is -1.39. The highest BCUT2D eigenvalue weighted by Gasteiger charge is 2.16. The molecular formula is C9H9BF2O2. The van der Waals surface area contributed by atoms with E-state index < -0.39 is 23.4 Å². The first kappa shape index (κ1) is 10.7. The molecule has 1 aromatic rings. The summed E-state index contributed by atoms with van der Waals surface area (Å²) in [6.07, 6.45) is 0. The number of methoxy groups -OCH3 is 1. The number of carbonyl (C=O) groups excluding carboxylic acids is 1.